The van der Waals surface area contributed by atoms with Crippen LogP contribution in [0.15, 0.2) is 24.7 Å². The van der Waals surface area contributed by atoms with Crippen LogP contribution >= 0.6 is 0 Å². The summed E-state index contributed by atoms with van der Waals surface area (Å²) in [7, 11) is 0. The maximum absolute atomic E-state index is 5.49. The van der Waals surface area contributed by atoms with Crippen LogP contribution in [-0.2, 0) is 6.54 Å². The Morgan fingerprint density at radius 1 is 1.58 bits per heavy atom. The molecule has 2 aromatic rings. The lowest BCUT2D eigenvalue weighted by molar-refractivity contribution is 0.762. The number of aromatic amines is 1. The molecule has 2 aromatic heterocycles. The van der Waals surface area contributed by atoms with E-state index in [2.05, 4.69) is 15.3 Å². The predicted molar refractivity (Wildman–Crippen MR) is 43.6 cm³/mol. The highest BCUT2D eigenvalue weighted by Crippen LogP contribution is 2.06. The van der Waals surface area contributed by atoms with Crippen molar-refractivity contribution in [3.63, 3.8) is 0 Å². The van der Waals surface area contributed by atoms with E-state index in [-0.39, 0.29) is 0 Å². The minimum atomic E-state index is 0.443. The Morgan fingerprint density at radius 3 is 3.17 bits per heavy atom. The molecule has 62 valence electrons. The summed E-state index contributed by atoms with van der Waals surface area (Å²) in [6, 6.07) is 1.91. The van der Waals surface area contributed by atoms with Gasteiger partial charge in [0, 0.05) is 18.9 Å². The van der Waals surface area contributed by atoms with Gasteiger partial charge in [-0.1, -0.05) is 5.21 Å². The minimum absolute atomic E-state index is 0.443. The van der Waals surface area contributed by atoms with Crippen LogP contribution in [0.2, 0.25) is 0 Å². The van der Waals surface area contributed by atoms with Crippen LogP contribution in [0, 0.1) is 0 Å². The van der Waals surface area contributed by atoms with Gasteiger partial charge in [0.25, 0.3) is 0 Å². The number of nitrogens with two attached hydrogens (primary N) is 1. The van der Waals surface area contributed by atoms with Crippen LogP contribution in [0.1, 0.15) is 5.69 Å². The third-order valence-corrected chi connectivity index (χ3v) is 1.66. The van der Waals surface area contributed by atoms with E-state index >= 15 is 0 Å². The van der Waals surface area contributed by atoms with E-state index < -0.39 is 0 Å². The van der Waals surface area contributed by atoms with Gasteiger partial charge >= 0.3 is 0 Å². The number of aromatic nitrogens is 4. The first-order valence-electron chi connectivity index (χ1n) is 3.64. The fourth-order valence-corrected chi connectivity index (χ4v) is 1.06. The summed E-state index contributed by atoms with van der Waals surface area (Å²) >= 11 is 0. The summed E-state index contributed by atoms with van der Waals surface area (Å²) in [6.45, 7) is 0.443. The van der Waals surface area contributed by atoms with Crippen molar-refractivity contribution >= 4 is 0 Å². The molecule has 5 nitrogen and oxygen atoms in total. The molecule has 0 aromatic carbocycles. The van der Waals surface area contributed by atoms with Gasteiger partial charge in [0.05, 0.1) is 17.6 Å². The highest BCUT2D eigenvalue weighted by atomic mass is 15.4. The van der Waals surface area contributed by atoms with Crippen molar-refractivity contribution in [2.75, 3.05) is 0 Å². The van der Waals surface area contributed by atoms with Crippen molar-refractivity contribution in [3.8, 4) is 5.69 Å². The summed E-state index contributed by atoms with van der Waals surface area (Å²) in [4.78, 5) is 2.94. The van der Waals surface area contributed by atoms with E-state index in [0.29, 0.717) is 6.54 Å². The monoisotopic (exact) mass is 163 g/mol. The molecule has 5 heteroatoms. The third kappa shape index (κ3) is 0.998. The zero-order valence-corrected chi connectivity index (χ0v) is 6.44. The molecule has 0 fully saturated rings. The molecular formula is C7H9N5. The number of H-pyrrole nitrogens is 1. The Labute approximate surface area is 69.2 Å². The van der Waals surface area contributed by atoms with Crippen LogP contribution in [0.25, 0.3) is 5.69 Å². The van der Waals surface area contributed by atoms with Crippen LogP contribution < -0.4 is 5.73 Å². The maximum Gasteiger partial charge on any atom is 0.0841 e. The summed E-state index contributed by atoms with van der Waals surface area (Å²) < 4.78 is 1.70. The lowest BCUT2D eigenvalue weighted by Crippen LogP contribution is -2.05. The van der Waals surface area contributed by atoms with Gasteiger partial charge < -0.3 is 10.7 Å². The van der Waals surface area contributed by atoms with E-state index in [4.69, 9.17) is 5.73 Å². The largest absolute Gasteiger partial charge is 0.366 e. The Kier molecular flexibility index (Phi) is 1.64. The summed E-state index contributed by atoms with van der Waals surface area (Å²) in [5.74, 6) is 0. The molecule has 2 rings (SSSR count). The van der Waals surface area contributed by atoms with E-state index in [0.717, 1.165) is 11.4 Å². The van der Waals surface area contributed by atoms with Gasteiger partial charge in [-0.25, -0.2) is 4.68 Å². The number of nitrogens with zero attached hydrogens (tertiary/aromatic N) is 3. The van der Waals surface area contributed by atoms with Crippen LogP contribution in [0.5, 0.6) is 0 Å². The number of rotatable bonds is 2. The second-order valence-corrected chi connectivity index (χ2v) is 2.41. The Morgan fingerprint density at radius 2 is 2.50 bits per heavy atom. The molecule has 0 bridgehead atoms. The van der Waals surface area contributed by atoms with E-state index in [1.807, 2.05) is 18.5 Å². The summed E-state index contributed by atoms with van der Waals surface area (Å²) in [6.07, 6.45) is 5.33. The van der Waals surface area contributed by atoms with Crippen molar-refractivity contribution in [2.24, 2.45) is 5.73 Å². The fourth-order valence-electron chi connectivity index (χ4n) is 1.06. The van der Waals surface area contributed by atoms with Gasteiger partial charge in [-0.2, -0.15) is 0 Å². The molecule has 0 atom stereocenters. The van der Waals surface area contributed by atoms with Gasteiger partial charge in [-0.3, -0.25) is 0 Å². The quantitative estimate of drug-likeness (QED) is 0.657. The third-order valence-electron chi connectivity index (χ3n) is 1.66. The van der Waals surface area contributed by atoms with E-state index in [1.54, 1.807) is 10.9 Å². The zero-order valence-electron chi connectivity index (χ0n) is 6.44. The smallest absolute Gasteiger partial charge is 0.0841 e. The zero-order chi connectivity index (χ0) is 8.39. The van der Waals surface area contributed by atoms with Crippen molar-refractivity contribution in [1.82, 2.24) is 20.0 Å². The van der Waals surface area contributed by atoms with Gasteiger partial charge in [0.1, 0.15) is 0 Å². The SMILES string of the molecule is NCc1cnnn1-c1cc[nH]c1. The van der Waals surface area contributed by atoms with E-state index in [9.17, 15) is 0 Å². The second-order valence-electron chi connectivity index (χ2n) is 2.41. The van der Waals surface area contributed by atoms with Crippen LogP contribution in [0.4, 0.5) is 0 Å². The van der Waals surface area contributed by atoms with Gasteiger partial charge in [0.2, 0.25) is 0 Å². The van der Waals surface area contributed by atoms with Crippen LogP contribution in [-0.4, -0.2) is 20.0 Å². The van der Waals surface area contributed by atoms with Gasteiger partial charge in [-0.05, 0) is 6.07 Å². The molecule has 12 heavy (non-hydrogen) atoms. The number of nitrogens with one attached hydrogen (secondary N) is 1. The Hall–Kier alpha value is -1.62. The predicted octanol–water partition coefficient (Wildman–Crippen LogP) is 0.0541. The molecule has 0 saturated heterocycles. The number of hydrogen-bond acceptors (Lipinski definition) is 3. The first-order valence-corrected chi connectivity index (χ1v) is 3.64. The molecule has 0 unspecified atom stereocenters. The van der Waals surface area contributed by atoms with Crippen molar-refractivity contribution in [1.29, 1.82) is 0 Å². The molecule has 0 aliphatic rings. The van der Waals surface area contributed by atoms with E-state index in [1.165, 1.54) is 0 Å². The van der Waals surface area contributed by atoms with Crippen LogP contribution in [0.3, 0.4) is 0 Å². The second kappa shape index (κ2) is 2.78. The van der Waals surface area contributed by atoms with Crippen molar-refractivity contribution < 1.29 is 0 Å². The average Bonchev–Trinajstić information content (AvgIpc) is 2.74. The molecule has 0 aliphatic heterocycles. The highest BCUT2D eigenvalue weighted by molar-refractivity contribution is 5.28. The molecule has 0 radical (unpaired) electrons. The summed E-state index contributed by atoms with van der Waals surface area (Å²) in [5, 5.41) is 7.66. The first-order chi connectivity index (χ1) is 5.92. The molecule has 0 aliphatic carbocycles. The first kappa shape index (κ1) is 7.05. The standard InChI is InChI=1S/C7H9N5/c8-3-7-5-10-11-12(7)6-1-2-9-4-6/h1-2,4-5,9H,3,8H2. The minimum Gasteiger partial charge on any atom is -0.366 e. The molecule has 0 saturated carbocycles. The van der Waals surface area contributed by atoms with Crippen molar-refractivity contribution in [2.45, 2.75) is 6.54 Å². The lowest BCUT2D eigenvalue weighted by atomic mass is 10.4. The fraction of sp³-hybridized carbons (Fsp3) is 0.143. The Bertz CT molecular complexity index is 348. The normalized spacial score (nSPS) is 10.4. The molecule has 2 heterocycles. The highest BCUT2D eigenvalue weighted by Gasteiger charge is 2.03. The molecule has 3 N–H and O–H groups in total. The lowest BCUT2D eigenvalue weighted by Gasteiger charge is -1.98. The van der Waals surface area contributed by atoms with Gasteiger partial charge in [0.15, 0.2) is 0 Å². The van der Waals surface area contributed by atoms with Gasteiger partial charge in [-0.15, -0.1) is 5.10 Å². The summed E-state index contributed by atoms with van der Waals surface area (Å²) in [5.41, 5.74) is 7.34. The molecule has 0 spiro atoms. The Balaban J connectivity index is 2.46. The topological polar surface area (TPSA) is 72.5 Å². The molecule has 0 amide bonds. The molecular weight excluding hydrogens is 154 g/mol. The maximum atomic E-state index is 5.49. The average molecular weight is 163 g/mol. The van der Waals surface area contributed by atoms with Crippen molar-refractivity contribution in [3.05, 3.63) is 30.4 Å². The number of hydrogen-bond donors (Lipinski definition) is 2.